The van der Waals surface area contributed by atoms with E-state index in [0.717, 1.165) is 21.4 Å². The summed E-state index contributed by atoms with van der Waals surface area (Å²) >= 11 is 6.18. The van der Waals surface area contributed by atoms with Crippen molar-refractivity contribution in [2.45, 2.75) is 26.4 Å². The predicted octanol–water partition coefficient (Wildman–Crippen LogP) is 3.72. The summed E-state index contributed by atoms with van der Waals surface area (Å²) in [6.07, 6.45) is 2.24. The van der Waals surface area contributed by atoms with Gasteiger partial charge in [-0.1, -0.05) is 54.1 Å². The van der Waals surface area contributed by atoms with E-state index in [9.17, 15) is 9.59 Å². The Kier molecular flexibility index (Phi) is 7.35. The Labute approximate surface area is 180 Å². The van der Waals surface area contributed by atoms with Gasteiger partial charge in [-0.2, -0.15) is 5.06 Å². The van der Waals surface area contributed by atoms with Gasteiger partial charge in [0.25, 0.3) is 0 Å². The quantitative estimate of drug-likeness (QED) is 0.417. The maximum absolute atomic E-state index is 12.1. The maximum atomic E-state index is 12.1. The molecule has 30 heavy (non-hydrogen) atoms. The number of anilines is 1. The highest BCUT2D eigenvalue weighted by Crippen LogP contribution is 2.19. The van der Waals surface area contributed by atoms with Crippen LogP contribution in [0.1, 0.15) is 19.4 Å². The first-order valence-corrected chi connectivity index (χ1v) is 9.86. The summed E-state index contributed by atoms with van der Waals surface area (Å²) in [6.45, 7) is 3.74. The number of hydrogen-bond donors (Lipinski definition) is 1. The zero-order chi connectivity index (χ0) is 21.5. The van der Waals surface area contributed by atoms with Crippen LogP contribution in [0, 0.1) is 0 Å². The van der Waals surface area contributed by atoms with Crippen LogP contribution in [0.4, 0.5) is 5.82 Å². The molecule has 3 rings (SSSR count). The van der Waals surface area contributed by atoms with E-state index in [4.69, 9.17) is 16.4 Å². The number of carbonyl (C=O) groups excluding carboxylic acids is 2. The Hall–Kier alpha value is -3.00. The van der Waals surface area contributed by atoms with E-state index in [0.29, 0.717) is 23.8 Å². The van der Waals surface area contributed by atoms with Gasteiger partial charge < -0.3 is 0 Å². The molecule has 1 aromatic heterocycles. The molecule has 0 fully saturated rings. The number of hydrazine groups is 1. The van der Waals surface area contributed by atoms with E-state index in [1.165, 1.54) is 11.9 Å². The van der Waals surface area contributed by atoms with Crippen molar-refractivity contribution in [1.82, 2.24) is 15.4 Å². The van der Waals surface area contributed by atoms with Gasteiger partial charge >= 0.3 is 0 Å². The van der Waals surface area contributed by atoms with Crippen LogP contribution in [0.2, 0.25) is 5.02 Å². The first-order valence-electron chi connectivity index (χ1n) is 9.48. The summed E-state index contributed by atoms with van der Waals surface area (Å²) in [5, 5.41) is 5.05. The molecule has 0 spiro atoms. The van der Waals surface area contributed by atoms with Gasteiger partial charge in [0.15, 0.2) is 5.82 Å². The minimum Gasteiger partial charge on any atom is -0.276 e. The third-order valence-electron chi connectivity index (χ3n) is 4.57. The number of rotatable bonds is 9. The van der Waals surface area contributed by atoms with Crippen LogP contribution in [-0.4, -0.2) is 35.0 Å². The molecule has 7 nitrogen and oxygen atoms in total. The Balaban J connectivity index is 1.64. The average molecular weight is 427 g/mol. The molecule has 8 heteroatoms. The van der Waals surface area contributed by atoms with Crippen molar-refractivity contribution < 1.29 is 14.4 Å². The highest BCUT2D eigenvalue weighted by molar-refractivity contribution is 6.31. The van der Waals surface area contributed by atoms with Crippen LogP contribution in [0.5, 0.6) is 0 Å². The average Bonchev–Trinajstić information content (AvgIpc) is 2.75. The molecule has 2 amide bonds. The van der Waals surface area contributed by atoms with E-state index >= 15 is 0 Å². The molecule has 0 aliphatic heterocycles. The number of aromatic nitrogens is 1. The summed E-state index contributed by atoms with van der Waals surface area (Å²) in [6, 6.07) is 16.5. The molecule has 0 aliphatic carbocycles. The predicted molar refractivity (Wildman–Crippen MR) is 117 cm³/mol. The Morgan fingerprint density at radius 1 is 1.20 bits per heavy atom. The van der Waals surface area contributed by atoms with E-state index in [-0.39, 0.29) is 18.6 Å². The third kappa shape index (κ3) is 5.33. The molecule has 1 N–H and O–H groups in total. The second-order valence-corrected chi connectivity index (χ2v) is 7.19. The zero-order valence-corrected chi connectivity index (χ0v) is 17.5. The lowest BCUT2D eigenvalue weighted by Gasteiger charge is -2.29. The van der Waals surface area contributed by atoms with Gasteiger partial charge in [0.1, 0.15) is 0 Å². The summed E-state index contributed by atoms with van der Waals surface area (Å²) in [4.78, 5) is 33.6. The van der Waals surface area contributed by atoms with E-state index < -0.39 is 0 Å². The van der Waals surface area contributed by atoms with Crippen LogP contribution < -0.4 is 10.5 Å². The molecule has 1 heterocycles. The molecule has 156 valence electrons. The number of carbonyl (C=O) groups is 2. The minimum atomic E-state index is -0.354. The number of halogens is 1. The molecule has 1 atom stereocenters. The first-order chi connectivity index (χ1) is 14.5. The topological polar surface area (TPSA) is 74.8 Å². The van der Waals surface area contributed by atoms with Crippen molar-refractivity contribution in [3.05, 3.63) is 71.4 Å². The fraction of sp³-hybridized carbons (Fsp3) is 0.227. The number of pyridine rings is 1. The van der Waals surface area contributed by atoms with Crippen LogP contribution in [0.15, 0.2) is 60.8 Å². The number of nitrogens with one attached hydrogen (secondary N) is 1. The minimum absolute atomic E-state index is 0.0857. The first kappa shape index (κ1) is 21.7. The lowest BCUT2D eigenvalue weighted by molar-refractivity contribution is -0.136. The summed E-state index contributed by atoms with van der Waals surface area (Å²) < 4.78 is 0. The lowest BCUT2D eigenvalue weighted by atomic mass is 10.2. The Morgan fingerprint density at radius 3 is 2.60 bits per heavy atom. The maximum Gasteiger partial charge on any atom is 0.239 e. The SMILES string of the molecule is CC(=O)N(NCc1ccccc1Cl)[C@@H](C)CON(C=O)c1cc2ccccc2cn1. The van der Waals surface area contributed by atoms with Crippen LogP contribution >= 0.6 is 11.6 Å². The van der Waals surface area contributed by atoms with Crippen molar-refractivity contribution in [2.75, 3.05) is 11.7 Å². The largest absolute Gasteiger partial charge is 0.276 e. The molecule has 0 aliphatic rings. The second-order valence-electron chi connectivity index (χ2n) is 6.78. The fourth-order valence-electron chi connectivity index (χ4n) is 3.00. The number of fused-ring (bicyclic) bond motifs is 1. The smallest absolute Gasteiger partial charge is 0.239 e. The number of nitrogens with zero attached hydrogens (tertiary/aromatic N) is 3. The summed E-state index contributed by atoms with van der Waals surface area (Å²) in [7, 11) is 0. The van der Waals surface area contributed by atoms with Crippen molar-refractivity contribution in [3.8, 4) is 0 Å². The molecular weight excluding hydrogens is 404 g/mol. The second kappa shape index (κ2) is 10.2. The van der Waals surface area contributed by atoms with Gasteiger partial charge in [0, 0.05) is 30.1 Å². The van der Waals surface area contributed by atoms with Crippen LogP contribution in [0.25, 0.3) is 10.8 Å². The number of benzene rings is 2. The highest BCUT2D eigenvalue weighted by Gasteiger charge is 2.19. The van der Waals surface area contributed by atoms with Crippen molar-refractivity contribution in [3.63, 3.8) is 0 Å². The molecular formula is C22H23ClN4O3. The van der Waals surface area contributed by atoms with Crippen molar-refractivity contribution in [1.29, 1.82) is 0 Å². The van der Waals surface area contributed by atoms with Gasteiger partial charge in [0.2, 0.25) is 12.3 Å². The number of hydrogen-bond acceptors (Lipinski definition) is 5. The molecule has 2 aromatic carbocycles. The molecule has 0 unspecified atom stereocenters. The van der Waals surface area contributed by atoms with Crippen molar-refractivity contribution >= 4 is 40.5 Å². The number of hydroxylamine groups is 1. The van der Waals surface area contributed by atoms with Gasteiger partial charge in [-0.3, -0.25) is 19.4 Å². The highest BCUT2D eigenvalue weighted by atomic mass is 35.5. The van der Waals surface area contributed by atoms with Gasteiger partial charge in [-0.25, -0.2) is 10.4 Å². The summed E-state index contributed by atoms with van der Waals surface area (Å²) in [5.41, 5.74) is 3.95. The van der Waals surface area contributed by atoms with E-state index in [1.54, 1.807) is 18.3 Å². The normalized spacial score (nSPS) is 11.8. The molecule has 0 saturated heterocycles. The van der Waals surface area contributed by atoms with Gasteiger partial charge in [-0.15, -0.1) is 0 Å². The Bertz CT molecular complexity index is 1030. The summed E-state index contributed by atoms with van der Waals surface area (Å²) in [5.74, 6) is 0.189. The zero-order valence-electron chi connectivity index (χ0n) is 16.8. The molecule has 3 aromatic rings. The van der Waals surface area contributed by atoms with E-state index in [2.05, 4.69) is 10.4 Å². The van der Waals surface area contributed by atoms with E-state index in [1.807, 2.05) is 49.4 Å². The van der Waals surface area contributed by atoms with Crippen LogP contribution in [0.3, 0.4) is 0 Å². The molecule has 0 saturated carbocycles. The van der Waals surface area contributed by atoms with Crippen molar-refractivity contribution in [2.24, 2.45) is 0 Å². The fourth-order valence-corrected chi connectivity index (χ4v) is 3.20. The molecule has 0 radical (unpaired) electrons. The van der Waals surface area contributed by atoms with Gasteiger partial charge in [0.05, 0.1) is 12.6 Å². The monoisotopic (exact) mass is 426 g/mol. The third-order valence-corrected chi connectivity index (χ3v) is 4.94. The van der Waals surface area contributed by atoms with Gasteiger partial charge in [-0.05, 0) is 30.0 Å². The molecule has 0 bridgehead atoms. The Morgan fingerprint density at radius 2 is 1.90 bits per heavy atom. The van der Waals surface area contributed by atoms with Crippen LogP contribution in [-0.2, 0) is 21.0 Å². The lowest BCUT2D eigenvalue weighted by Crippen LogP contribution is -2.49. The number of amides is 2. The standard InChI is InChI=1S/C22H23ClN4O3/c1-16(27(17(2)29)25-13-20-9-5-6-10-21(20)23)14-30-26(15-28)22-11-18-7-3-4-8-19(18)12-24-22/h3-12,15-16,25H,13-14H2,1-2H3/t16-/m0/s1.